The zero-order valence-corrected chi connectivity index (χ0v) is 9.50. The lowest BCUT2D eigenvalue weighted by atomic mass is 10.3. The van der Waals surface area contributed by atoms with Crippen LogP contribution in [0.2, 0.25) is 0 Å². The van der Waals surface area contributed by atoms with Crippen LogP contribution in [0.1, 0.15) is 5.56 Å². The topological polar surface area (TPSA) is 43.6 Å². The molecule has 0 saturated heterocycles. The second kappa shape index (κ2) is 4.84. The van der Waals surface area contributed by atoms with Gasteiger partial charge in [0.15, 0.2) is 0 Å². The molecule has 0 radical (unpaired) electrons. The summed E-state index contributed by atoms with van der Waals surface area (Å²) in [4.78, 5) is 12.4. The Morgan fingerprint density at radius 3 is 2.73 bits per heavy atom. The third-order valence-corrected chi connectivity index (χ3v) is 2.17. The zero-order chi connectivity index (χ0) is 10.5. The van der Waals surface area contributed by atoms with E-state index in [4.69, 9.17) is 0 Å². The Balaban J connectivity index is 2.21. The van der Waals surface area contributed by atoms with Crippen LogP contribution in [0.4, 0.5) is 0 Å². The first kappa shape index (κ1) is 10.0. The second-order valence-corrected chi connectivity index (χ2v) is 3.49. The summed E-state index contributed by atoms with van der Waals surface area (Å²) in [5.74, 6) is 0.628. The molecule has 0 atom stereocenters. The summed E-state index contributed by atoms with van der Waals surface area (Å²) in [6.45, 7) is 0. The monoisotopic (exact) mass is 264 g/mol. The maximum atomic E-state index is 4.22. The Morgan fingerprint density at radius 2 is 2.13 bits per heavy atom. The molecule has 0 aliphatic rings. The van der Waals surface area contributed by atoms with Crippen LogP contribution in [-0.2, 0) is 0 Å². The van der Waals surface area contributed by atoms with E-state index < -0.39 is 0 Å². The van der Waals surface area contributed by atoms with Crippen LogP contribution in [0.3, 0.4) is 0 Å². The Bertz CT molecular complexity index is 433. The molecule has 2 aromatic rings. The predicted octanol–water partition coefficient (Wildman–Crippen LogP) is 2.07. The highest BCUT2D eigenvalue weighted by molar-refractivity contribution is 9.09. The molecule has 2 aromatic heterocycles. The van der Waals surface area contributed by atoms with Crippen LogP contribution < -0.4 is 0 Å². The van der Waals surface area contributed by atoms with Crippen molar-refractivity contribution in [2.75, 3.05) is 5.33 Å². The third kappa shape index (κ3) is 2.50. The molecule has 4 nitrogen and oxygen atoms in total. The number of rotatable bonds is 3. The molecule has 76 valence electrons. The first-order valence-electron chi connectivity index (χ1n) is 4.43. The first-order valence-corrected chi connectivity index (χ1v) is 5.55. The Labute approximate surface area is 95.8 Å². The van der Waals surface area contributed by atoms with E-state index in [0.29, 0.717) is 5.95 Å². The van der Waals surface area contributed by atoms with E-state index in [9.17, 15) is 0 Å². The van der Waals surface area contributed by atoms with Crippen LogP contribution in [0.5, 0.6) is 0 Å². The van der Waals surface area contributed by atoms with Gasteiger partial charge in [0.1, 0.15) is 6.33 Å². The lowest BCUT2D eigenvalue weighted by molar-refractivity contribution is 0.923. The van der Waals surface area contributed by atoms with Gasteiger partial charge in [0.25, 0.3) is 0 Å². The lowest BCUT2D eigenvalue weighted by Crippen LogP contribution is -1.97. The molecule has 0 bridgehead atoms. The van der Waals surface area contributed by atoms with E-state index in [1.54, 1.807) is 29.5 Å². The standard InChI is InChI=1S/C10H9BrN4/c11-3-1-2-9-6-13-10(14-7-9)15-5-4-12-8-15/h1-2,4-8H,3H2. The molecule has 0 amide bonds. The van der Waals surface area contributed by atoms with Crippen molar-refractivity contribution >= 4 is 22.0 Å². The van der Waals surface area contributed by atoms with Gasteiger partial charge in [-0.2, -0.15) is 0 Å². The predicted molar refractivity (Wildman–Crippen MR) is 62.0 cm³/mol. The molecule has 0 N–H and O–H groups in total. The summed E-state index contributed by atoms with van der Waals surface area (Å²) in [6, 6.07) is 0. The minimum atomic E-state index is 0.628. The van der Waals surface area contributed by atoms with Gasteiger partial charge in [0.2, 0.25) is 5.95 Å². The average Bonchev–Trinajstić information content (AvgIpc) is 2.80. The van der Waals surface area contributed by atoms with Gasteiger partial charge >= 0.3 is 0 Å². The van der Waals surface area contributed by atoms with E-state index in [1.165, 1.54) is 0 Å². The number of aromatic nitrogens is 4. The fraction of sp³-hybridized carbons (Fsp3) is 0.100. The summed E-state index contributed by atoms with van der Waals surface area (Å²) in [6.07, 6.45) is 12.7. The summed E-state index contributed by atoms with van der Waals surface area (Å²) in [7, 11) is 0. The molecular weight excluding hydrogens is 256 g/mol. The number of imidazole rings is 1. The van der Waals surface area contributed by atoms with Crippen molar-refractivity contribution in [3.8, 4) is 5.95 Å². The van der Waals surface area contributed by atoms with Gasteiger partial charge in [-0.05, 0) is 0 Å². The van der Waals surface area contributed by atoms with Crippen LogP contribution >= 0.6 is 15.9 Å². The van der Waals surface area contributed by atoms with Gasteiger partial charge in [-0.1, -0.05) is 28.1 Å². The van der Waals surface area contributed by atoms with Crippen molar-refractivity contribution in [3.05, 3.63) is 42.8 Å². The third-order valence-electron chi connectivity index (χ3n) is 1.79. The minimum absolute atomic E-state index is 0.628. The Hall–Kier alpha value is -1.49. The maximum Gasteiger partial charge on any atom is 0.234 e. The van der Waals surface area contributed by atoms with Gasteiger partial charge in [0, 0.05) is 35.7 Å². The molecule has 0 fully saturated rings. The van der Waals surface area contributed by atoms with Crippen molar-refractivity contribution < 1.29 is 0 Å². The molecule has 5 heteroatoms. The molecule has 0 aliphatic heterocycles. The van der Waals surface area contributed by atoms with E-state index in [1.807, 2.05) is 18.3 Å². The Kier molecular flexibility index (Phi) is 3.24. The molecule has 0 unspecified atom stereocenters. The molecule has 15 heavy (non-hydrogen) atoms. The number of hydrogen-bond donors (Lipinski definition) is 0. The lowest BCUT2D eigenvalue weighted by Gasteiger charge is -1.98. The van der Waals surface area contributed by atoms with Crippen LogP contribution in [-0.4, -0.2) is 24.8 Å². The van der Waals surface area contributed by atoms with E-state index >= 15 is 0 Å². The molecule has 0 aromatic carbocycles. The van der Waals surface area contributed by atoms with Crippen molar-refractivity contribution in [1.82, 2.24) is 19.5 Å². The van der Waals surface area contributed by atoms with Crippen molar-refractivity contribution in [2.45, 2.75) is 0 Å². The van der Waals surface area contributed by atoms with E-state index in [2.05, 4.69) is 30.9 Å². The first-order chi connectivity index (χ1) is 7.40. The van der Waals surface area contributed by atoms with Gasteiger partial charge in [-0.15, -0.1) is 0 Å². The summed E-state index contributed by atoms with van der Waals surface area (Å²) in [5.41, 5.74) is 0.985. The van der Waals surface area contributed by atoms with Gasteiger partial charge in [-0.25, -0.2) is 15.0 Å². The molecule has 0 spiro atoms. The molecule has 0 saturated carbocycles. The fourth-order valence-corrected chi connectivity index (χ4v) is 1.30. The molecule has 0 aliphatic carbocycles. The highest BCUT2D eigenvalue weighted by Crippen LogP contribution is 2.03. The highest BCUT2D eigenvalue weighted by atomic mass is 79.9. The largest absolute Gasteiger partial charge is 0.274 e. The normalized spacial score (nSPS) is 11.0. The van der Waals surface area contributed by atoms with Crippen LogP contribution in [0.25, 0.3) is 12.0 Å². The number of halogens is 1. The van der Waals surface area contributed by atoms with Crippen molar-refractivity contribution in [3.63, 3.8) is 0 Å². The quantitative estimate of drug-likeness (QED) is 0.798. The van der Waals surface area contributed by atoms with Gasteiger partial charge < -0.3 is 0 Å². The zero-order valence-electron chi connectivity index (χ0n) is 7.92. The smallest absolute Gasteiger partial charge is 0.234 e. The van der Waals surface area contributed by atoms with E-state index in [-0.39, 0.29) is 0 Å². The Morgan fingerprint density at radius 1 is 1.33 bits per heavy atom. The number of nitrogens with zero attached hydrogens (tertiary/aromatic N) is 4. The number of allylic oxidation sites excluding steroid dienone is 1. The van der Waals surface area contributed by atoms with E-state index in [0.717, 1.165) is 10.9 Å². The molecule has 2 heterocycles. The minimum Gasteiger partial charge on any atom is -0.274 e. The second-order valence-electron chi connectivity index (χ2n) is 2.84. The maximum absolute atomic E-state index is 4.22. The summed E-state index contributed by atoms with van der Waals surface area (Å²) < 4.78 is 1.76. The molecule has 2 rings (SSSR count). The highest BCUT2D eigenvalue weighted by Gasteiger charge is 1.97. The SMILES string of the molecule is BrCC=Cc1cnc(-n2ccnc2)nc1. The number of hydrogen-bond acceptors (Lipinski definition) is 3. The van der Waals surface area contributed by atoms with Crippen molar-refractivity contribution in [1.29, 1.82) is 0 Å². The van der Waals surface area contributed by atoms with Gasteiger partial charge in [0.05, 0.1) is 0 Å². The average molecular weight is 265 g/mol. The fourth-order valence-electron chi connectivity index (χ4n) is 1.11. The summed E-state index contributed by atoms with van der Waals surface area (Å²) in [5, 5.41) is 0.830. The van der Waals surface area contributed by atoms with Crippen LogP contribution in [0, 0.1) is 0 Å². The van der Waals surface area contributed by atoms with Crippen molar-refractivity contribution in [2.24, 2.45) is 0 Å². The summed E-state index contributed by atoms with van der Waals surface area (Å²) >= 11 is 3.31. The number of alkyl halides is 1. The van der Waals surface area contributed by atoms with Gasteiger partial charge in [-0.3, -0.25) is 4.57 Å². The van der Waals surface area contributed by atoms with Crippen LogP contribution in [0.15, 0.2) is 37.2 Å². The molecular formula is C10H9BrN4.